The summed E-state index contributed by atoms with van der Waals surface area (Å²) >= 11 is 1.61. The molecule has 228 valence electrons. The lowest BCUT2D eigenvalue weighted by atomic mass is 10.0. The number of aromatic nitrogens is 3. The molecule has 1 aromatic heterocycles. The van der Waals surface area contributed by atoms with Crippen LogP contribution in [0.15, 0.2) is 84.1 Å². The van der Waals surface area contributed by atoms with Crippen LogP contribution >= 0.6 is 11.8 Å². The molecular weight excluding hydrogens is 589 g/mol. The molecule has 0 bridgehead atoms. The van der Waals surface area contributed by atoms with Crippen LogP contribution in [0.25, 0.3) is 17.1 Å². The molecule has 1 saturated carbocycles. The summed E-state index contributed by atoms with van der Waals surface area (Å²) in [6.07, 6.45) is -0.603. The number of carbonyl (C=O) groups excluding carboxylic acids is 1. The first-order valence-electron chi connectivity index (χ1n) is 14.4. The highest BCUT2D eigenvalue weighted by Gasteiger charge is 2.46. The van der Waals surface area contributed by atoms with Gasteiger partial charge in [0.25, 0.3) is 0 Å². The fourth-order valence-electron chi connectivity index (χ4n) is 5.29. The first kappa shape index (κ1) is 29.7. The molecule has 8 nitrogen and oxygen atoms in total. The van der Waals surface area contributed by atoms with Crippen molar-refractivity contribution in [1.29, 1.82) is 0 Å². The number of benzene rings is 3. The number of anilines is 1. The number of urea groups is 1. The zero-order valence-corrected chi connectivity index (χ0v) is 25.0. The van der Waals surface area contributed by atoms with E-state index in [0.29, 0.717) is 17.4 Å². The van der Waals surface area contributed by atoms with Crippen molar-refractivity contribution in [2.45, 2.75) is 50.9 Å². The molecule has 0 atom stereocenters. The summed E-state index contributed by atoms with van der Waals surface area (Å²) < 4.78 is 42.7. The van der Waals surface area contributed by atoms with Crippen molar-refractivity contribution in [3.05, 3.63) is 90.3 Å². The SMILES string of the molecule is CC(C)c1ccccc1N1CCCSC1=NC(=O)NC1(c2ccc(-c3ncn(-c4ccc(OC(F)(F)F)cc4)n3)cc2)CC1. The number of hydrogen-bond donors (Lipinski definition) is 1. The Kier molecular flexibility index (Phi) is 8.10. The molecule has 4 aromatic rings. The molecule has 1 aliphatic carbocycles. The molecule has 0 spiro atoms. The van der Waals surface area contributed by atoms with Crippen LogP contribution in [-0.2, 0) is 5.54 Å². The van der Waals surface area contributed by atoms with E-state index in [2.05, 4.69) is 56.0 Å². The van der Waals surface area contributed by atoms with Crippen LogP contribution in [-0.4, -0.2) is 44.6 Å². The monoisotopic (exact) mass is 620 g/mol. The minimum atomic E-state index is -4.75. The highest BCUT2D eigenvalue weighted by molar-refractivity contribution is 8.14. The summed E-state index contributed by atoms with van der Waals surface area (Å²) in [5.41, 5.74) is 4.15. The van der Waals surface area contributed by atoms with E-state index in [0.717, 1.165) is 53.5 Å². The molecule has 6 rings (SSSR count). The molecule has 1 aliphatic heterocycles. The van der Waals surface area contributed by atoms with Crippen molar-refractivity contribution < 1.29 is 22.7 Å². The molecule has 0 radical (unpaired) electrons. The summed E-state index contributed by atoms with van der Waals surface area (Å²) in [6.45, 7) is 5.15. The highest BCUT2D eigenvalue weighted by Crippen LogP contribution is 2.46. The fraction of sp³-hybridized carbons (Fsp3) is 0.312. The topological polar surface area (TPSA) is 84.6 Å². The van der Waals surface area contributed by atoms with E-state index in [1.807, 2.05) is 36.4 Å². The molecule has 12 heteroatoms. The normalized spacial score (nSPS) is 17.1. The molecule has 2 aliphatic rings. The van der Waals surface area contributed by atoms with Gasteiger partial charge in [0.1, 0.15) is 12.1 Å². The third-order valence-corrected chi connectivity index (χ3v) is 8.72. The zero-order chi connectivity index (χ0) is 30.9. The van der Waals surface area contributed by atoms with Crippen molar-refractivity contribution in [1.82, 2.24) is 20.1 Å². The Morgan fingerprint density at radius 3 is 2.45 bits per heavy atom. The molecule has 2 heterocycles. The van der Waals surface area contributed by atoms with E-state index in [4.69, 9.17) is 0 Å². The third kappa shape index (κ3) is 6.59. The molecule has 1 saturated heterocycles. The van der Waals surface area contributed by atoms with Gasteiger partial charge in [0.05, 0.1) is 11.2 Å². The number of carbonyl (C=O) groups is 1. The van der Waals surface area contributed by atoms with Crippen molar-refractivity contribution in [2.75, 3.05) is 17.2 Å². The van der Waals surface area contributed by atoms with Crippen molar-refractivity contribution in [3.63, 3.8) is 0 Å². The van der Waals surface area contributed by atoms with Gasteiger partial charge < -0.3 is 15.0 Å². The number of rotatable bonds is 7. The number of halogens is 3. The lowest BCUT2D eigenvalue weighted by molar-refractivity contribution is -0.274. The van der Waals surface area contributed by atoms with Crippen LogP contribution in [0.4, 0.5) is 23.7 Å². The summed E-state index contributed by atoms with van der Waals surface area (Å²) in [5.74, 6) is 1.42. The van der Waals surface area contributed by atoms with E-state index >= 15 is 0 Å². The number of aliphatic imine (C=N–C) groups is 1. The van der Waals surface area contributed by atoms with E-state index in [9.17, 15) is 18.0 Å². The van der Waals surface area contributed by atoms with E-state index in [-0.39, 0.29) is 11.8 Å². The Morgan fingerprint density at radius 1 is 1.05 bits per heavy atom. The van der Waals surface area contributed by atoms with E-state index in [1.54, 1.807) is 11.8 Å². The maximum atomic E-state index is 13.2. The highest BCUT2D eigenvalue weighted by atomic mass is 32.2. The number of thioether (sulfide) groups is 1. The lowest BCUT2D eigenvalue weighted by Gasteiger charge is -2.32. The first-order valence-corrected chi connectivity index (χ1v) is 15.4. The number of hydrogen-bond acceptors (Lipinski definition) is 5. The molecule has 3 aromatic carbocycles. The first-order chi connectivity index (χ1) is 21.1. The summed E-state index contributed by atoms with van der Waals surface area (Å²) in [7, 11) is 0. The number of alkyl halides is 3. The maximum Gasteiger partial charge on any atom is 0.573 e. The van der Waals surface area contributed by atoms with Gasteiger partial charge in [0.15, 0.2) is 11.0 Å². The van der Waals surface area contributed by atoms with E-state index < -0.39 is 11.9 Å². The minimum Gasteiger partial charge on any atom is -0.406 e. The second kappa shape index (κ2) is 12.0. The van der Waals surface area contributed by atoms with Crippen molar-refractivity contribution in [2.24, 2.45) is 4.99 Å². The third-order valence-electron chi connectivity index (χ3n) is 7.65. The van der Waals surface area contributed by atoms with Crippen LogP contribution in [0.1, 0.15) is 50.2 Å². The molecule has 1 N–H and O–H groups in total. The zero-order valence-electron chi connectivity index (χ0n) is 24.2. The minimum absolute atomic E-state index is 0.309. The van der Waals surface area contributed by atoms with Crippen LogP contribution in [0.3, 0.4) is 0 Å². The average molecular weight is 621 g/mol. The van der Waals surface area contributed by atoms with E-state index in [1.165, 1.54) is 40.8 Å². The van der Waals surface area contributed by atoms with Gasteiger partial charge in [-0.2, -0.15) is 4.99 Å². The molecule has 2 amide bonds. The number of amidine groups is 1. The predicted octanol–water partition coefficient (Wildman–Crippen LogP) is 7.65. The number of nitrogens with zero attached hydrogens (tertiary/aromatic N) is 5. The van der Waals surface area contributed by atoms with Gasteiger partial charge in [-0.05, 0) is 66.6 Å². The largest absolute Gasteiger partial charge is 0.573 e. The van der Waals surface area contributed by atoms with Gasteiger partial charge in [-0.3, -0.25) is 0 Å². The lowest BCUT2D eigenvalue weighted by Crippen LogP contribution is -2.38. The molecule has 2 fully saturated rings. The number of para-hydroxylation sites is 1. The second-order valence-electron chi connectivity index (χ2n) is 11.1. The van der Waals surface area contributed by atoms with Crippen LogP contribution in [0.2, 0.25) is 0 Å². The number of nitrogens with one attached hydrogen (secondary N) is 1. The Labute approximate surface area is 257 Å². The van der Waals surface area contributed by atoms with Crippen LogP contribution in [0.5, 0.6) is 5.75 Å². The van der Waals surface area contributed by atoms with Gasteiger partial charge in [0.2, 0.25) is 0 Å². The number of ether oxygens (including phenoxy) is 1. The Hall–Kier alpha value is -4.32. The smallest absolute Gasteiger partial charge is 0.406 e. The Morgan fingerprint density at radius 2 is 1.77 bits per heavy atom. The summed E-state index contributed by atoms with van der Waals surface area (Å²) in [4.78, 5) is 24.3. The summed E-state index contributed by atoms with van der Waals surface area (Å²) in [6, 6.07) is 21.1. The molecule has 44 heavy (non-hydrogen) atoms. The second-order valence-corrected chi connectivity index (χ2v) is 12.2. The van der Waals surface area contributed by atoms with Crippen LogP contribution < -0.4 is 15.0 Å². The van der Waals surface area contributed by atoms with Crippen molar-refractivity contribution in [3.8, 4) is 22.8 Å². The molecule has 0 unspecified atom stereocenters. The average Bonchev–Trinajstić information content (AvgIpc) is 3.61. The van der Waals surface area contributed by atoms with Crippen LogP contribution in [0, 0.1) is 0 Å². The Balaban J connectivity index is 1.14. The quantitative estimate of drug-likeness (QED) is 0.229. The Bertz CT molecular complexity index is 1660. The van der Waals surface area contributed by atoms with Gasteiger partial charge in [-0.25, -0.2) is 14.5 Å². The fourth-order valence-corrected chi connectivity index (χ4v) is 6.24. The molecular formula is C32H31F3N6O2S. The predicted molar refractivity (Wildman–Crippen MR) is 165 cm³/mol. The summed E-state index contributed by atoms with van der Waals surface area (Å²) in [5, 5.41) is 8.35. The van der Waals surface area contributed by atoms with Gasteiger partial charge in [0, 0.05) is 23.5 Å². The van der Waals surface area contributed by atoms with Gasteiger partial charge in [-0.1, -0.05) is 68.1 Å². The van der Waals surface area contributed by atoms with Gasteiger partial charge >= 0.3 is 12.4 Å². The van der Waals surface area contributed by atoms with Gasteiger partial charge in [-0.15, -0.1) is 18.3 Å². The maximum absolute atomic E-state index is 13.2. The number of amides is 2. The van der Waals surface area contributed by atoms with Crippen molar-refractivity contribution >= 4 is 28.6 Å². The standard InChI is InChI=1S/C32H31F3N6O2S/c1-21(2)26-6-3-4-7-27(26)40-18-5-19-44-30(40)37-29(42)38-31(16-17-31)23-10-8-22(9-11-23)28-36-20-41(39-28)24-12-14-25(15-13-24)43-32(33,34)35/h3-4,6-15,20-21H,5,16-19H2,1-2H3,(H,38,42).